The van der Waals surface area contributed by atoms with Crippen LogP contribution in [0.3, 0.4) is 0 Å². The van der Waals surface area contributed by atoms with E-state index in [1.165, 1.54) is 25.9 Å². The molecule has 0 saturated carbocycles. The molecular formula is C30H42O11. The minimum Gasteiger partial charge on any atom is -0.502 e. The van der Waals surface area contributed by atoms with Crippen LogP contribution in [-0.2, 0) is 52.3 Å². The number of rotatable bonds is 20. The molecule has 2 rings (SSSR count). The van der Waals surface area contributed by atoms with E-state index in [0.717, 1.165) is 11.1 Å². The molecule has 0 N–H and O–H groups in total. The van der Waals surface area contributed by atoms with Crippen LogP contribution in [0.1, 0.15) is 38.5 Å². The van der Waals surface area contributed by atoms with Gasteiger partial charge < -0.3 is 33.2 Å². The van der Waals surface area contributed by atoms with Crippen LogP contribution in [0, 0.1) is 23.7 Å². The summed E-state index contributed by atoms with van der Waals surface area (Å²) in [5, 5.41) is 0. The number of ether oxygens (including phenoxy) is 7. The maximum atomic E-state index is 13.3. The molecule has 228 valence electrons. The van der Waals surface area contributed by atoms with Crippen LogP contribution < -0.4 is 0 Å². The van der Waals surface area contributed by atoms with E-state index in [9.17, 15) is 19.2 Å². The van der Waals surface area contributed by atoms with Crippen LogP contribution in [0.15, 0.2) is 49.7 Å². The van der Waals surface area contributed by atoms with Gasteiger partial charge in [0.2, 0.25) is 0 Å². The third kappa shape index (κ3) is 10.7. The number of Topliss-reactive ketones (excluding diaryl/α,β-unsaturated/α-hetero) is 1. The molecule has 0 heterocycles. The standard InChI is InChI=1S/C30H42O11/c1-5-36-10-8-9-27(31)23-17-21-19-25(30(34)41-16-13-38-7-3)26(29(33)39-14-11-35-4)20-22(21)18-24(23)28(32)40-15-12-37-6-2/h5-7,23-26H,1-3,8-20H2,4H3. The molecule has 11 nitrogen and oxygen atoms in total. The van der Waals surface area contributed by atoms with Crippen molar-refractivity contribution in [2.75, 3.05) is 53.4 Å². The predicted octanol–water partition coefficient (Wildman–Crippen LogP) is 3.44. The van der Waals surface area contributed by atoms with E-state index in [4.69, 9.17) is 33.2 Å². The molecule has 11 heteroatoms. The molecule has 0 aromatic carbocycles. The summed E-state index contributed by atoms with van der Waals surface area (Å²) in [6.45, 7) is 11.3. The molecule has 0 aromatic rings. The first-order chi connectivity index (χ1) is 19.9. The molecule has 2 aliphatic carbocycles. The highest BCUT2D eigenvalue weighted by Crippen LogP contribution is 2.46. The zero-order valence-electron chi connectivity index (χ0n) is 23.8. The monoisotopic (exact) mass is 578 g/mol. The predicted molar refractivity (Wildman–Crippen MR) is 147 cm³/mol. The van der Waals surface area contributed by atoms with Gasteiger partial charge in [0.15, 0.2) is 0 Å². The zero-order valence-corrected chi connectivity index (χ0v) is 23.8. The third-order valence-corrected chi connectivity index (χ3v) is 7.12. The molecule has 0 radical (unpaired) electrons. The molecule has 0 saturated heterocycles. The van der Waals surface area contributed by atoms with Gasteiger partial charge in [0.05, 0.1) is 49.8 Å². The van der Waals surface area contributed by atoms with Crippen LogP contribution in [0.25, 0.3) is 0 Å². The fourth-order valence-corrected chi connectivity index (χ4v) is 5.15. The second-order valence-corrected chi connectivity index (χ2v) is 9.63. The second-order valence-electron chi connectivity index (χ2n) is 9.63. The zero-order chi connectivity index (χ0) is 30.0. The van der Waals surface area contributed by atoms with Gasteiger partial charge in [0.25, 0.3) is 0 Å². The minimum absolute atomic E-state index is 0.00390. The Morgan fingerprint density at radius 2 is 1.00 bits per heavy atom. The summed E-state index contributed by atoms with van der Waals surface area (Å²) in [5.41, 5.74) is 1.75. The Bertz CT molecular complexity index is 954. The lowest BCUT2D eigenvalue weighted by Gasteiger charge is -2.39. The summed E-state index contributed by atoms with van der Waals surface area (Å²) < 4.78 is 36.4. The van der Waals surface area contributed by atoms with Crippen molar-refractivity contribution in [2.24, 2.45) is 23.7 Å². The average Bonchev–Trinajstić information content (AvgIpc) is 2.98. The highest BCUT2D eigenvalue weighted by molar-refractivity contribution is 5.88. The van der Waals surface area contributed by atoms with Crippen LogP contribution >= 0.6 is 0 Å². The van der Waals surface area contributed by atoms with E-state index < -0.39 is 41.6 Å². The first kappa shape index (κ1) is 33.6. The van der Waals surface area contributed by atoms with Gasteiger partial charge in [0, 0.05) is 19.4 Å². The van der Waals surface area contributed by atoms with Gasteiger partial charge in [-0.25, -0.2) is 0 Å². The normalized spacial score (nSPS) is 21.5. The number of allylic oxidation sites excluding steroid dienone is 2. The van der Waals surface area contributed by atoms with E-state index >= 15 is 0 Å². The Hall–Kier alpha value is -3.60. The van der Waals surface area contributed by atoms with Gasteiger partial charge in [-0.1, -0.05) is 30.9 Å². The fourth-order valence-electron chi connectivity index (χ4n) is 5.15. The molecule has 0 aromatic heterocycles. The molecule has 41 heavy (non-hydrogen) atoms. The van der Waals surface area contributed by atoms with Gasteiger partial charge in [-0.3, -0.25) is 19.2 Å². The summed E-state index contributed by atoms with van der Waals surface area (Å²) in [5.74, 6) is -4.65. The van der Waals surface area contributed by atoms with Crippen molar-refractivity contribution < 1.29 is 52.3 Å². The summed E-state index contributed by atoms with van der Waals surface area (Å²) >= 11 is 0. The lowest BCUT2D eigenvalue weighted by molar-refractivity contribution is -0.163. The third-order valence-electron chi connectivity index (χ3n) is 7.12. The SMILES string of the molecule is C=COCCCC(=O)C1CC2=C(CC1C(=O)OCCOC=C)CC(C(=O)OCCOC)C(C(=O)OCCOC=C)C2. The highest BCUT2D eigenvalue weighted by Gasteiger charge is 2.46. The van der Waals surface area contributed by atoms with E-state index in [2.05, 4.69) is 19.7 Å². The molecule has 0 fully saturated rings. The van der Waals surface area contributed by atoms with Crippen molar-refractivity contribution in [3.63, 3.8) is 0 Å². The lowest BCUT2D eigenvalue weighted by Crippen LogP contribution is -2.41. The van der Waals surface area contributed by atoms with Crippen molar-refractivity contribution in [3.8, 4) is 0 Å². The number of esters is 3. The number of hydrogen-bond acceptors (Lipinski definition) is 11. The summed E-state index contributed by atoms with van der Waals surface area (Å²) in [6.07, 6.45) is 5.46. The van der Waals surface area contributed by atoms with Crippen LogP contribution in [0.2, 0.25) is 0 Å². The number of carbonyl (C=O) groups is 4. The first-order valence-corrected chi connectivity index (χ1v) is 13.8. The molecule has 0 spiro atoms. The van der Waals surface area contributed by atoms with Crippen molar-refractivity contribution in [1.29, 1.82) is 0 Å². The number of hydrogen-bond donors (Lipinski definition) is 0. The Morgan fingerprint density at radius 1 is 0.610 bits per heavy atom. The van der Waals surface area contributed by atoms with Crippen molar-refractivity contribution in [1.82, 2.24) is 0 Å². The quantitative estimate of drug-likeness (QED) is 0.0692. The fraction of sp³-hybridized carbons (Fsp3) is 0.600. The van der Waals surface area contributed by atoms with Crippen molar-refractivity contribution in [2.45, 2.75) is 38.5 Å². The second kappa shape index (κ2) is 18.7. The average molecular weight is 579 g/mol. The Morgan fingerprint density at radius 3 is 1.44 bits per heavy atom. The maximum absolute atomic E-state index is 13.3. The smallest absolute Gasteiger partial charge is 0.310 e. The number of ketones is 1. The van der Waals surface area contributed by atoms with Crippen LogP contribution in [0.5, 0.6) is 0 Å². The number of methoxy groups -OCH3 is 1. The van der Waals surface area contributed by atoms with E-state index in [-0.39, 0.29) is 77.5 Å². The van der Waals surface area contributed by atoms with E-state index in [0.29, 0.717) is 13.0 Å². The first-order valence-electron chi connectivity index (χ1n) is 13.8. The summed E-state index contributed by atoms with van der Waals surface area (Å²) in [6, 6.07) is 0. The molecule has 4 unspecified atom stereocenters. The molecular weight excluding hydrogens is 536 g/mol. The molecule has 0 bridgehead atoms. The molecule has 0 aliphatic heterocycles. The molecule has 2 aliphatic rings. The van der Waals surface area contributed by atoms with E-state index in [1.807, 2.05) is 0 Å². The van der Waals surface area contributed by atoms with Crippen LogP contribution in [0.4, 0.5) is 0 Å². The maximum Gasteiger partial charge on any atom is 0.310 e. The van der Waals surface area contributed by atoms with Gasteiger partial charge in [-0.2, -0.15) is 0 Å². The van der Waals surface area contributed by atoms with Crippen molar-refractivity contribution in [3.05, 3.63) is 49.7 Å². The van der Waals surface area contributed by atoms with E-state index in [1.54, 1.807) is 0 Å². The summed E-state index contributed by atoms with van der Waals surface area (Å²) in [7, 11) is 1.49. The topological polar surface area (TPSA) is 133 Å². The van der Waals surface area contributed by atoms with Gasteiger partial charge in [-0.05, 0) is 32.1 Å². The number of carbonyl (C=O) groups excluding carboxylic acids is 4. The van der Waals surface area contributed by atoms with Crippen molar-refractivity contribution >= 4 is 23.7 Å². The van der Waals surface area contributed by atoms with Crippen LogP contribution in [-0.4, -0.2) is 77.0 Å². The molecule has 0 amide bonds. The Balaban J connectivity index is 2.28. The Kier molecular flexibility index (Phi) is 15.3. The lowest BCUT2D eigenvalue weighted by atomic mass is 9.65. The largest absolute Gasteiger partial charge is 0.502 e. The minimum atomic E-state index is -0.806. The summed E-state index contributed by atoms with van der Waals surface area (Å²) in [4.78, 5) is 52.6. The highest BCUT2D eigenvalue weighted by atomic mass is 16.6. The van der Waals surface area contributed by atoms with Gasteiger partial charge >= 0.3 is 17.9 Å². The van der Waals surface area contributed by atoms with Gasteiger partial charge in [-0.15, -0.1) is 0 Å². The molecule has 4 atom stereocenters. The van der Waals surface area contributed by atoms with Gasteiger partial charge in [0.1, 0.15) is 38.8 Å². The Labute approximate surface area is 241 Å².